The van der Waals surface area contributed by atoms with Gasteiger partial charge in [0.25, 0.3) is 6.43 Å². The standard InChI is InChI=1S/C27H34F2N6O4/c1-27(2,37)16-22(36)30-17-7-9-18(10-8-17)39-23-15-21(32-26(33-23)34-11-13-38-14-12-34)35-20-6-4-3-5-19(20)31-25(35)24(28)29/h3-6,15,17-18,24,37H,7-14,16H2,1-2H3,(H,30,36)/t17-,18-. The highest BCUT2D eigenvalue weighted by Gasteiger charge is 2.28. The summed E-state index contributed by atoms with van der Waals surface area (Å²) >= 11 is 0. The van der Waals surface area contributed by atoms with E-state index in [2.05, 4.69) is 20.3 Å². The molecule has 2 fully saturated rings. The van der Waals surface area contributed by atoms with E-state index in [-0.39, 0.29) is 30.3 Å². The van der Waals surface area contributed by atoms with Gasteiger partial charge in [-0.25, -0.2) is 13.8 Å². The lowest BCUT2D eigenvalue weighted by molar-refractivity contribution is -0.126. The lowest BCUT2D eigenvalue weighted by Gasteiger charge is -2.31. The number of ether oxygens (including phenoxy) is 2. The van der Waals surface area contributed by atoms with Gasteiger partial charge in [0.1, 0.15) is 11.9 Å². The SMILES string of the molecule is CC(C)(O)CC(=O)N[C@H]1CC[C@H](Oc2cc(-n3c(C(F)F)nc4ccccc43)nc(N3CCOCC3)n2)CC1. The van der Waals surface area contributed by atoms with E-state index in [1.54, 1.807) is 44.2 Å². The van der Waals surface area contributed by atoms with Gasteiger partial charge in [0.15, 0.2) is 5.82 Å². The molecule has 1 aromatic carbocycles. The second kappa shape index (κ2) is 11.4. The van der Waals surface area contributed by atoms with E-state index in [1.165, 1.54) is 4.57 Å². The summed E-state index contributed by atoms with van der Waals surface area (Å²) in [6.07, 6.45) is -0.0871. The van der Waals surface area contributed by atoms with Crippen LogP contribution in [-0.4, -0.2) is 74.6 Å². The third-order valence-electron chi connectivity index (χ3n) is 6.90. The lowest BCUT2D eigenvalue weighted by atomic mass is 9.92. The summed E-state index contributed by atoms with van der Waals surface area (Å²) in [6, 6.07) is 8.55. The zero-order valence-corrected chi connectivity index (χ0v) is 22.1. The fourth-order valence-corrected chi connectivity index (χ4v) is 5.08. The van der Waals surface area contributed by atoms with E-state index in [1.807, 2.05) is 4.90 Å². The Morgan fingerprint density at radius 1 is 1.15 bits per heavy atom. The molecule has 3 heterocycles. The van der Waals surface area contributed by atoms with Crippen molar-refractivity contribution in [2.45, 2.75) is 70.1 Å². The summed E-state index contributed by atoms with van der Waals surface area (Å²) in [5, 5.41) is 12.9. The molecule has 2 aromatic heterocycles. The van der Waals surface area contributed by atoms with Gasteiger partial charge in [0.2, 0.25) is 17.7 Å². The number of rotatable bonds is 8. The molecule has 1 saturated heterocycles. The van der Waals surface area contributed by atoms with Gasteiger partial charge >= 0.3 is 0 Å². The number of morpholine rings is 1. The molecule has 0 radical (unpaired) electrons. The predicted molar refractivity (Wildman–Crippen MR) is 140 cm³/mol. The Morgan fingerprint density at radius 2 is 1.87 bits per heavy atom. The number of benzene rings is 1. The Morgan fingerprint density at radius 3 is 2.56 bits per heavy atom. The van der Waals surface area contributed by atoms with Gasteiger partial charge in [0.05, 0.1) is 36.3 Å². The maximum Gasteiger partial charge on any atom is 0.296 e. The largest absolute Gasteiger partial charge is 0.474 e. The van der Waals surface area contributed by atoms with Gasteiger partial charge < -0.3 is 24.8 Å². The van der Waals surface area contributed by atoms with Crippen molar-refractivity contribution in [3.05, 3.63) is 36.2 Å². The molecule has 2 aliphatic rings. The molecule has 1 aliphatic heterocycles. The first kappa shape index (κ1) is 27.2. The van der Waals surface area contributed by atoms with Gasteiger partial charge in [-0.2, -0.15) is 9.97 Å². The minimum atomic E-state index is -2.80. The number of aromatic nitrogens is 4. The molecule has 10 nitrogen and oxygen atoms in total. The number of nitrogens with one attached hydrogen (secondary N) is 1. The quantitative estimate of drug-likeness (QED) is 0.443. The van der Waals surface area contributed by atoms with E-state index >= 15 is 0 Å². The minimum absolute atomic E-state index is 0.00971. The number of carbonyl (C=O) groups excluding carboxylic acids is 1. The first-order valence-corrected chi connectivity index (χ1v) is 13.3. The van der Waals surface area contributed by atoms with E-state index in [4.69, 9.17) is 9.47 Å². The molecule has 12 heteroatoms. The van der Waals surface area contributed by atoms with Crippen LogP contribution in [-0.2, 0) is 9.53 Å². The van der Waals surface area contributed by atoms with Gasteiger partial charge in [0, 0.05) is 25.2 Å². The highest BCUT2D eigenvalue weighted by atomic mass is 19.3. The maximum atomic E-state index is 14.1. The second-order valence-electron chi connectivity index (χ2n) is 10.7. The Hall–Kier alpha value is -3.38. The molecule has 0 spiro atoms. The number of imidazole rings is 1. The van der Waals surface area contributed by atoms with Crippen molar-refractivity contribution in [2.75, 3.05) is 31.2 Å². The summed E-state index contributed by atoms with van der Waals surface area (Å²) in [5.74, 6) is 0.379. The van der Waals surface area contributed by atoms with E-state index < -0.39 is 17.9 Å². The fraction of sp³-hybridized carbons (Fsp3) is 0.556. The molecule has 1 aliphatic carbocycles. The number of alkyl halides is 2. The van der Waals surface area contributed by atoms with Crippen LogP contribution in [0.15, 0.2) is 30.3 Å². The predicted octanol–water partition coefficient (Wildman–Crippen LogP) is 3.56. The average Bonchev–Trinajstić information content (AvgIpc) is 3.29. The monoisotopic (exact) mass is 544 g/mol. The average molecular weight is 545 g/mol. The number of para-hydroxylation sites is 2. The third-order valence-corrected chi connectivity index (χ3v) is 6.90. The van der Waals surface area contributed by atoms with E-state index in [0.717, 1.165) is 12.8 Å². The van der Waals surface area contributed by atoms with Crippen molar-refractivity contribution < 1.29 is 28.2 Å². The van der Waals surface area contributed by atoms with Gasteiger partial charge in [-0.1, -0.05) is 12.1 Å². The smallest absolute Gasteiger partial charge is 0.296 e. The Balaban J connectivity index is 1.38. The van der Waals surface area contributed by atoms with E-state index in [0.29, 0.717) is 62.0 Å². The topological polar surface area (TPSA) is 115 Å². The summed E-state index contributed by atoms with van der Waals surface area (Å²) < 4.78 is 41.3. The first-order chi connectivity index (χ1) is 18.7. The number of halogens is 2. The molecule has 0 unspecified atom stereocenters. The molecule has 0 atom stereocenters. The van der Waals surface area contributed by atoms with Crippen LogP contribution in [0.4, 0.5) is 14.7 Å². The molecule has 210 valence electrons. The number of nitrogens with zero attached hydrogens (tertiary/aromatic N) is 5. The van der Waals surface area contributed by atoms with Gasteiger partial charge in [-0.3, -0.25) is 9.36 Å². The Bertz CT molecular complexity index is 1300. The maximum absolute atomic E-state index is 14.1. The van der Waals surface area contributed by atoms with Crippen LogP contribution in [0, 0.1) is 0 Å². The molecule has 2 N–H and O–H groups in total. The minimum Gasteiger partial charge on any atom is -0.474 e. The van der Waals surface area contributed by atoms with Crippen molar-refractivity contribution in [2.24, 2.45) is 0 Å². The van der Waals surface area contributed by atoms with Gasteiger partial charge in [-0.05, 0) is 51.7 Å². The highest BCUT2D eigenvalue weighted by molar-refractivity contribution is 5.78. The molecule has 39 heavy (non-hydrogen) atoms. The van der Waals surface area contributed by atoms with E-state index in [9.17, 15) is 18.7 Å². The van der Waals surface area contributed by atoms with Crippen LogP contribution in [0.5, 0.6) is 5.88 Å². The number of hydrogen-bond acceptors (Lipinski definition) is 8. The normalized spacial score (nSPS) is 20.4. The number of aliphatic hydroxyl groups is 1. The molecular weight excluding hydrogens is 510 g/mol. The number of amides is 1. The molecule has 5 rings (SSSR count). The van der Waals surface area contributed by atoms with Crippen LogP contribution in [0.3, 0.4) is 0 Å². The molecule has 0 bridgehead atoms. The first-order valence-electron chi connectivity index (χ1n) is 13.3. The van der Waals surface area contributed by atoms with Crippen LogP contribution in [0.2, 0.25) is 0 Å². The zero-order valence-electron chi connectivity index (χ0n) is 22.1. The lowest BCUT2D eigenvalue weighted by Crippen LogP contribution is -2.42. The van der Waals surface area contributed by atoms with Crippen LogP contribution < -0.4 is 15.0 Å². The molecule has 3 aromatic rings. The summed E-state index contributed by atoms with van der Waals surface area (Å²) in [4.78, 5) is 27.6. The van der Waals surface area contributed by atoms with Crippen LogP contribution in [0.25, 0.3) is 16.9 Å². The fourth-order valence-electron chi connectivity index (χ4n) is 5.08. The number of anilines is 1. The number of fused-ring (bicyclic) bond motifs is 1. The molecular formula is C27H34F2N6O4. The zero-order chi connectivity index (χ0) is 27.6. The number of hydrogen-bond donors (Lipinski definition) is 2. The van der Waals surface area contributed by atoms with Crippen molar-refractivity contribution >= 4 is 22.9 Å². The Kier molecular flexibility index (Phi) is 7.94. The van der Waals surface area contributed by atoms with Crippen molar-refractivity contribution in [1.29, 1.82) is 0 Å². The van der Waals surface area contributed by atoms with Crippen LogP contribution in [0.1, 0.15) is 58.2 Å². The summed E-state index contributed by atoms with van der Waals surface area (Å²) in [5.41, 5.74) is -0.0858. The second-order valence-corrected chi connectivity index (χ2v) is 10.7. The summed E-state index contributed by atoms with van der Waals surface area (Å²) in [6.45, 7) is 5.40. The highest BCUT2D eigenvalue weighted by Crippen LogP contribution is 2.31. The van der Waals surface area contributed by atoms with Crippen molar-refractivity contribution in [3.8, 4) is 11.7 Å². The summed E-state index contributed by atoms with van der Waals surface area (Å²) in [7, 11) is 0. The molecule has 1 amide bonds. The van der Waals surface area contributed by atoms with Crippen molar-refractivity contribution in [3.63, 3.8) is 0 Å². The Labute approximate surface area is 225 Å². The molecule has 1 saturated carbocycles. The van der Waals surface area contributed by atoms with Crippen LogP contribution >= 0.6 is 0 Å². The van der Waals surface area contributed by atoms with Crippen molar-refractivity contribution in [1.82, 2.24) is 24.8 Å². The number of carbonyl (C=O) groups is 1. The van der Waals surface area contributed by atoms with Gasteiger partial charge in [-0.15, -0.1) is 0 Å². The third kappa shape index (κ3) is 6.62.